The fourth-order valence-corrected chi connectivity index (χ4v) is 0.805. The van der Waals surface area contributed by atoms with Gasteiger partial charge in [0.1, 0.15) is 0 Å². The van der Waals surface area contributed by atoms with E-state index in [-0.39, 0.29) is 6.42 Å². The minimum atomic E-state index is -1.54. The van der Waals surface area contributed by atoms with Crippen molar-refractivity contribution in [3.05, 3.63) is 0 Å². The van der Waals surface area contributed by atoms with Crippen molar-refractivity contribution in [2.75, 3.05) is 7.11 Å². The second-order valence-corrected chi connectivity index (χ2v) is 2.64. The minimum absolute atomic E-state index is 0.184. The summed E-state index contributed by atoms with van der Waals surface area (Å²) in [6.07, 6.45) is 0.184. The van der Waals surface area contributed by atoms with Crippen LogP contribution in [-0.2, 0) is 14.1 Å². The summed E-state index contributed by atoms with van der Waals surface area (Å²) in [6, 6.07) is 0. The summed E-state index contributed by atoms with van der Waals surface area (Å²) in [7, 11) is 0.715. The largest absolute Gasteiger partial charge is 0.478 e. The molecule has 10 heavy (non-hydrogen) atoms. The molecule has 0 aliphatic rings. The molecule has 0 aromatic heterocycles. The maximum absolute atomic E-state index is 10.4. The Kier molecular flexibility index (Phi) is 3.47. The van der Waals surface area contributed by atoms with E-state index >= 15 is 0 Å². The number of methoxy groups -OCH3 is 1. The zero-order valence-electron chi connectivity index (χ0n) is 5.83. The molecule has 0 saturated carbocycles. The topological polar surface area (TPSA) is 63.6 Å². The van der Waals surface area contributed by atoms with Gasteiger partial charge in [-0.25, -0.2) is 4.79 Å². The van der Waals surface area contributed by atoms with Crippen LogP contribution in [0.5, 0.6) is 0 Å². The first-order chi connectivity index (χ1) is 4.63. The molecule has 0 rings (SSSR count). The van der Waals surface area contributed by atoms with Crippen molar-refractivity contribution in [2.45, 2.75) is 18.7 Å². The molecule has 0 heterocycles. The van der Waals surface area contributed by atoms with Crippen LogP contribution in [0.15, 0.2) is 0 Å². The molecule has 0 fully saturated rings. The van der Waals surface area contributed by atoms with E-state index in [9.17, 15) is 9.36 Å². The lowest BCUT2D eigenvalue weighted by Gasteiger charge is -2.16. The van der Waals surface area contributed by atoms with Crippen LogP contribution < -0.4 is 0 Å². The van der Waals surface area contributed by atoms with Crippen LogP contribution in [0.25, 0.3) is 0 Å². The summed E-state index contributed by atoms with van der Waals surface area (Å²) in [5.41, 5.74) is 0. The van der Waals surface area contributed by atoms with Gasteiger partial charge in [0.15, 0.2) is 0 Å². The van der Waals surface area contributed by atoms with E-state index in [2.05, 4.69) is 4.74 Å². The van der Waals surface area contributed by atoms with Gasteiger partial charge in [-0.05, 0) is 6.42 Å². The van der Waals surface area contributed by atoms with E-state index in [1.54, 1.807) is 6.92 Å². The van der Waals surface area contributed by atoms with Gasteiger partial charge in [0.2, 0.25) is 13.8 Å². The number of ether oxygens (including phenoxy) is 1. The van der Waals surface area contributed by atoms with Crippen LogP contribution in [0.2, 0.25) is 0 Å². The van der Waals surface area contributed by atoms with E-state index < -0.39 is 19.8 Å². The maximum atomic E-state index is 10.4. The van der Waals surface area contributed by atoms with Crippen molar-refractivity contribution < 1.29 is 19.2 Å². The first-order valence-electron chi connectivity index (χ1n) is 2.76. The molecule has 0 saturated heterocycles. The van der Waals surface area contributed by atoms with Crippen LogP contribution in [0, 0.1) is 0 Å². The molecule has 0 spiro atoms. The Hall–Kier alpha value is -0.470. The maximum Gasteiger partial charge on any atom is 0.348 e. The number of carboxylic acid groups (broad SMARTS) is 1. The summed E-state index contributed by atoms with van der Waals surface area (Å²) in [5, 5.41) is 6.95. The van der Waals surface area contributed by atoms with Crippen molar-refractivity contribution in [3.8, 4) is 0 Å². The second kappa shape index (κ2) is 3.64. The molecule has 0 aliphatic carbocycles. The number of carboxylic acids is 1. The molecule has 0 aromatic carbocycles. The molecule has 4 nitrogen and oxygen atoms in total. The van der Waals surface area contributed by atoms with Crippen LogP contribution in [0.1, 0.15) is 13.3 Å². The van der Waals surface area contributed by atoms with Gasteiger partial charge in [-0.3, -0.25) is 4.57 Å². The lowest BCUT2D eigenvalue weighted by molar-refractivity contribution is -0.152. The smallest absolute Gasteiger partial charge is 0.348 e. The third kappa shape index (κ3) is 1.52. The third-order valence-electron chi connectivity index (χ3n) is 1.30. The molecule has 58 valence electrons. The minimum Gasteiger partial charge on any atom is -0.478 e. The lowest BCUT2D eigenvalue weighted by Crippen LogP contribution is -2.33. The highest BCUT2D eigenvalue weighted by atomic mass is 31.1. The van der Waals surface area contributed by atoms with Crippen molar-refractivity contribution >= 4 is 14.4 Å². The molecule has 0 bridgehead atoms. The number of carbonyl (C=O) groups is 1. The molecule has 0 radical (unpaired) electrons. The van der Waals surface area contributed by atoms with Gasteiger partial charge in [-0.1, -0.05) is 6.92 Å². The van der Waals surface area contributed by atoms with Gasteiger partial charge < -0.3 is 9.84 Å². The van der Waals surface area contributed by atoms with Crippen LogP contribution in [0.3, 0.4) is 0 Å². The molecule has 0 amide bonds. The van der Waals surface area contributed by atoms with Gasteiger partial charge in [0.05, 0.1) is 0 Å². The van der Waals surface area contributed by atoms with Gasteiger partial charge in [-0.15, -0.1) is 0 Å². The summed E-state index contributed by atoms with van der Waals surface area (Å²) in [6.45, 7) is 1.60. The summed E-state index contributed by atoms with van der Waals surface area (Å²) in [5.74, 6) is -1.20. The van der Waals surface area contributed by atoms with E-state index in [0.717, 1.165) is 0 Å². The standard InChI is InChI=1S/C5H9O4P/c1-3-5(9-2,10-8)4(6)7/h3H2,1-2H3,(H,6,7). The summed E-state index contributed by atoms with van der Waals surface area (Å²) >= 11 is 0. The Labute approximate surface area is 60.4 Å². The Bertz CT molecular complexity index is 141. The SMILES string of the molecule is CCC(OC)(P=O)C(=O)O. The molecule has 1 unspecified atom stereocenters. The van der Waals surface area contributed by atoms with Crippen molar-refractivity contribution in [2.24, 2.45) is 0 Å². The highest BCUT2D eigenvalue weighted by Crippen LogP contribution is 2.27. The number of rotatable bonds is 4. The Morgan fingerprint density at radius 3 is 2.30 bits per heavy atom. The Balaban J connectivity index is 4.46. The Morgan fingerprint density at radius 2 is 2.30 bits per heavy atom. The first kappa shape index (κ1) is 9.53. The number of hydrogen-bond acceptors (Lipinski definition) is 3. The predicted molar refractivity (Wildman–Crippen MR) is 35.3 cm³/mol. The second-order valence-electron chi connectivity index (χ2n) is 1.74. The molecular weight excluding hydrogens is 155 g/mol. The highest BCUT2D eigenvalue weighted by molar-refractivity contribution is 7.27. The third-order valence-corrected chi connectivity index (χ3v) is 2.28. The van der Waals surface area contributed by atoms with Crippen molar-refractivity contribution in [3.63, 3.8) is 0 Å². The van der Waals surface area contributed by atoms with E-state index in [1.165, 1.54) is 7.11 Å². The summed E-state index contributed by atoms with van der Waals surface area (Å²) < 4.78 is 14.9. The average molecular weight is 164 g/mol. The van der Waals surface area contributed by atoms with E-state index in [1.807, 2.05) is 0 Å². The van der Waals surface area contributed by atoms with Crippen LogP contribution in [0.4, 0.5) is 0 Å². The number of hydrogen-bond donors (Lipinski definition) is 1. The summed E-state index contributed by atoms with van der Waals surface area (Å²) in [4.78, 5) is 10.4. The van der Waals surface area contributed by atoms with Crippen molar-refractivity contribution in [1.29, 1.82) is 0 Å². The van der Waals surface area contributed by atoms with Gasteiger partial charge in [0.25, 0.3) is 0 Å². The van der Waals surface area contributed by atoms with Gasteiger partial charge >= 0.3 is 5.97 Å². The van der Waals surface area contributed by atoms with Crippen molar-refractivity contribution in [1.82, 2.24) is 0 Å². The van der Waals surface area contributed by atoms with E-state index in [0.29, 0.717) is 0 Å². The average Bonchev–Trinajstić information content (AvgIpc) is 1.92. The molecule has 0 aromatic rings. The van der Waals surface area contributed by atoms with Gasteiger partial charge in [-0.2, -0.15) is 0 Å². The fraction of sp³-hybridized carbons (Fsp3) is 0.800. The Morgan fingerprint density at radius 1 is 1.80 bits per heavy atom. The lowest BCUT2D eigenvalue weighted by atomic mass is 10.3. The van der Waals surface area contributed by atoms with Crippen LogP contribution in [-0.4, -0.2) is 23.5 Å². The highest BCUT2D eigenvalue weighted by Gasteiger charge is 2.37. The number of aliphatic carboxylic acids is 1. The predicted octanol–water partition coefficient (Wildman–Crippen LogP) is 1.12. The molecule has 1 N–H and O–H groups in total. The van der Waals surface area contributed by atoms with Gasteiger partial charge in [0, 0.05) is 7.11 Å². The van der Waals surface area contributed by atoms with E-state index in [4.69, 9.17) is 5.11 Å². The molecule has 1 atom stereocenters. The van der Waals surface area contributed by atoms with Crippen LogP contribution >= 0.6 is 8.46 Å². The molecular formula is C5H9O4P. The molecule has 0 aliphatic heterocycles. The quantitative estimate of drug-likeness (QED) is 0.632. The monoisotopic (exact) mass is 164 g/mol. The zero-order valence-corrected chi connectivity index (χ0v) is 6.72. The normalized spacial score (nSPS) is 16.6. The first-order valence-corrected chi connectivity index (χ1v) is 3.57. The zero-order chi connectivity index (χ0) is 8.20. The fourth-order valence-electron chi connectivity index (χ4n) is 0.524. The molecule has 5 heteroatoms.